The van der Waals surface area contributed by atoms with Gasteiger partial charge in [0.15, 0.2) is 0 Å². The Morgan fingerprint density at radius 3 is 1.54 bits per heavy atom. The fourth-order valence-corrected chi connectivity index (χ4v) is 5.53. The highest BCUT2D eigenvalue weighted by atomic mass is 19.4. The first-order chi connectivity index (χ1) is 21.7. The number of alkyl halides is 6. The van der Waals surface area contributed by atoms with Crippen LogP contribution in [0.3, 0.4) is 0 Å². The zero-order chi connectivity index (χ0) is 33.4. The van der Waals surface area contributed by atoms with E-state index >= 15 is 0 Å². The van der Waals surface area contributed by atoms with E-state index in [1.54, 1.807) is 30.3 Å². The van der Waals surface area contributed by atoms with E-state index in [1.165, 1.54) is 30.3 Å². The second-order valence-electron chi connectivity index (χ2n) is 10.5. The number of nitrogen functional groups attached to an aromatic ring is 1. The van der Waals surface area contributed by atoms with Crippen LogP contribution in [0.2, 0.25) is 0 Å². The van der Waals surface area contributed by atoms with Crippen molar-refractivity contribution >= 4 is 33.2 Å². The van der Waals surface area contributed by atoms with Crippen LogP contribution in [0, 0.1) is 10.1 Å². The Morgan fingerprint density at radius 2 is 1.11 bits per heavy atom. The van der Waals surface area contributed by atoms with Gasteiger partial charge in [0.25, 0.3) is 5.69 Å². The molecular formula is C34H28F6N4O2. The summed E-state index contributed by atoms with van der Waals surface area (Å²) in [6.07, 6.45) is -8.76. The number of nitrogens with zero attached hydrogens (tertiary/aromatic N) is 3. The normalized spacial score (nSPS) is 11.9. The molecule has 0 spiro atoms. The summed E-state index contributed by atoms with van der Waals surface area (Å²) in [5, 5.41) is 12.5. The summed E-state index contributed by atoms with van der Waals surface area (Å²) in [6.45, 7) is 5.04. The maximum absolute atomic E-state index is 12.9. The number of fused-ring (bicyclic) bond motifs is 2. The van der Waals surface area contributed by atoms with Gasteiger partial charge in [-0.2, -0.15) is 26.3 Å². The molecule has 238 valence electrons. The minimum Gasteiger partial charge on any atom is -0.399 e. The predicted octanol–water partition coefficient (Wildman–Crippen LogP) is 10.2. The van der Waals surface area contributed by atoms with Gasteiger partial charge in [0.2, 0.25) is 0 Å². The molecule has 2 heterocycles. The lowest BCUT2D eigenvalue weighted by atomic mass is 10.1. The number of hydrogen-bond acceptors (Lipinski definition) is 3. The van der Waals surface area contributed by atoms with Crippen molar-refractivity contribution in [3.8, 4) is 22.5 Å². The molecule has 0 fully saturated rings. The maximum Gasteiger partial charge on any atom is 0.416 e. The Balaban J connectivity index is 0.000000182. The summed E-state index contributed by atoms with van der Waals surface area (Å²) < 4.78 is 81.3. The number of nitro benzene ring substituents is 1. The van der Waals surface area contributed by atoms with Crippen LogP contribution in [-0.2, 0) is 25.4 Å². The molecule has 4 aromatic carbocycles. The van der Waals surface area contributed by atoms with Crippen molar-refractivity contribution in [3.05, 3.63) is 118 Å². The van der Waals surface area contributed by atoms with Gasteiger partial charge in [-0.05, 0) is 85.6 Å². The van der Waals surface area contributed by atoms with Crippen LogP contribution < -0.4 is 5.73 Å². The third kappa shape index (κ3) is 6.42. The molecule has 6 nitrogen and oxygen atoms in total. The number of aromatic nitrogens is 2. The van der Waals surface area contributed by atoms with Gasteiger partial charge >= 0.3 is 12.4 Å². The summed E-state index contributed by atoms with van der Waals surface area (Å²) in [6, 6.07) is 24.0. The third-order valence-corrected chi connectivity index (χ3v) is 7.62. The zero-order valence-electron chi connectivity index (χ0n) is 24.7. The van der Waals surface area contributed by atoms with Gasteiger partial charge in [-0.25, -0.2) is 0 Å². The summed E-state index contributed by atoms with van der Waals surface area (Å²) in [4.78, 5) is 10.4. The zero-order valence-corrected chi connectivity index (χ0v) is 24.7. The fraction of sp³-hybridized carbons (Fsp3) is 0.176. The van der Waals surface area contributed by atoms with E-state index in [9.17, 15) is 36.5 Å². The molecule has 0 radical (unpaired) electrons. The second kappa shape index (κ2) is 12.3. The Labute approximate surface area is 259 Å². The van der Waals surface area contributed by atoms with Crippen molar-refractivity contribution in [1.29, 1.82) is 0 Å². The first kappa shape index (κ1) is 32.1. The minimum atomic E-state index is -4.42. The summed E-state index contributed by atoms with van der Waals surface area (Å²) in [7, 11) is 0. The molecule has 46 heavy (non-hydrogen) atoms. The average molecular weight is 639 g/mol. The second-order valence-corrected chi connectivity index (χ2v) is 10.5. The van der Waals surface area contributed by atoms with E-state index in [1.807, 2.05) is 41.2 Å². The van der Waals surface area contributed by atoms with Crippen molar-refractivity contribution in [3.63, 3.8) is 0 Å². The van der Waals surface area contributed by atoms with Crippen molar-refractivity contribution in [1.82, 2.24) is 9.13 Å². The largest absolute Gasteiger partial charge is 0.416 e. The fourth-order valence-electron chi connectivity index (χ4n) is 5.53. The first-order valence-electron chi connectivity index (χ1n) is 14.2. The lowest BCUT2D eigenvalue weighted by Gasteiger charge is -2.11. The molecule has 2 aromatic heterocycles. The number of nitro groups is 1. The van der Waals surface area contributed by atoms with E-state index in [0.29, 0.717) is 41.0 Å². The number of anilines is 1. The quantitative estimate of drug-likeness (QED) is 0.0883. The van der Waals surface area contributed by atoms with Crippen molar-refractivity contribution < 1.29 is 31.3 Å². The molecule has 6 rings (SSSR count). The summed E-state index contributed by atoms with van der Waals surface area (Å²) in [5.74, 6) is 0. The molecule has 0 amide bonds. The number of benzene rings is 4. The third-order valence-electron chi connectivity index (χ3n) is 7.62. The molecule has 12 heteroatoms. The highest BCUT2D eigenvalue weighted by Crippen LogP contribution is 2.36. The number of aryl methyl sites for hydroxylation is 2. The summed E-state index contributed by atoms with van der Waals surface area (Å²) in [5.41, 5.74) is 9.04. The van der Waals surface area contributed by atoms with E-state index in [-0.39, 0.29) is 5.69 Å². The number of rotatable bonds is 5. The molecule has 0 unspecified atom stereocenters. The van der Waals surface area contributed by atoms with E-state index in [4.69, 9.17) is 5.73 Å². The molecule has 0 saturated heterocycles. The Bertz CT molecular complexity index is 2060. The van der Waals surface area contributed by atoms with Crippen LogP contribution in [0.4, 0.5) is 37.7 Å². The molecule has 0 bridgehead atoms. The predicted molar refractivity (Wildman–Crippen MR) is 167 cm³/mol. The van der Waals surface area contributed by atoms with Crippen molar-refractivity contribution in [2.45, 2.75) is 39.3 Å². The van der Waals surface area contributed by atoms with Crippen molar-refractivity contribution in [2.24, 2.45) is 0 Å². The van der Waals surface area contributed by atoms with Gasteiger partial charge < -0.3 is 14.9 Å². The molecule has 2 N–H and O–H groups in total. The van der Waals surface area contributed by atoms with Crippen LogP contribution in [-0.4, -0.2) is 14.1 Å². The number of non-ortho nitro benzene ring substituents is 1. The maximum atomic E-state index is 12.9. The number of halogens is 6. The Morgan fingerprint density at radius 1 is 0.652 bits per heavy atom. The van der Waals surface area contributed by atoms with E-state index < -0.39 is 28.4 Å². The van der Waals surface area contributed by atoms with Gasteiger partial charge in [-0.1, -0.05) is 24.3 Å². The smallest absolute Gasteiger partial charge is 0.399 e. The molecule has 0 saturated carbocycles. The van der Waals surface area contributed by atoms with E-state index in [2.05, 4.69) is 0 Å². The van der Waals surface area contributed by atoms with Gasteiger partial charge in [0, 0.05) is 64.1 Å². The summed E-state index contributed by atoms with van der Waals surface area (Å²) >= 11 is 0. The number of hydrogen-bond donors (Lipinski definition) is 1. The molecule has 0 atom stereocenters. The monoisotopic (exact) mass is 638 g/mol. The lowest BCUT2D eigenvalue weighted by Crippen LogP contribution is -2.05. The van der Waals surface area contributed by atoms with Gasteiger partial charge in [-0.3, -0.25) is 10.1 Å². The van der Waals surface area contributed by atoms with Crippen molar-refractivity contribution in [2.75, 3.05) is 5.73 Å². The van der Waals surface area contributed by atoms with Gasteiger partial charge in [0.05, 0.1) is 16.1 Å². The molecular weight excluding hydrogens is 610 g/mol. The van der Waals surface area contributed by atoms with Gasteiger partial charge in [-0.15, -0.1) is 0 Å². The molecule has 0 aliphatic rings. The Kier molecular flexibility index (Phi) is 8.57. The van der Waals surface area contributed by atoms with Crippen LogP contribution in [0.15, 0.2) is 97.1 Å². The van der Waals surface area contributed by atoms with Crippen LogP contribution in [0.5, 0.6) is 0 Å². The first-order valence-corrected chi connectivity index (χ1v) is 14.2. The molecule has 0 aliphatic heterocycles. The topological polar surface area (TPSA) is 79.0 Å². The molecule has 0 aliphatic carbocycles. The molecule has 6 aromatic rings. The lowest BCUT2D eigenvalue weighted by molar-refractivity contribution is -0.384. The highest BCUT2D eigenvalue weighted by Gasteiger charge is 2.31. The Hall–Kier alpha value is -5.26. The average Bonchev–Trinajstić information content (AvgIpc) is 3.58. The SMILES string of the molecule is CCn1c(-c2cccc(C(F)(F)F)c2)cc2cc(N)ccc21.CCn1c(-c2cccc(C(F)(F)F)c2)cc2cc([N+](=O)[O-])ccc21. The van der Waals surface area contributed by atoms with Crippen LogP contribution in [0.1, 0.15) is 25.0 Å². The van der Waals surface area contributed by atoms with Gasteiger partial charge in [0.1, 0.15) is 0 Å². The standard InChI is InChI=1S/C17H13F3N2O2.C17H15F3N2/c1-2-21-15-7-6-14(22(23)24)9-12(15)10-16(21)11-4-3-5-13(8-11)17(18,19)20;1-2-22-15-7-6-14(21)9-12(15)10-16(22)11-4-3-5-13(8-11)17(18,19)20/h3-10H,2H2,1H3;3-10H,2,21H2,1H3. The minimum absolute atomic E-state index is 0.0497. The van der Waals surface area contributed by atoms with Crippen LogP contribution >= 0.6 is 0 Å². The van der Waals surface area contributed by atoms with Crippen LogP contribution in [0.25, 0.3) is 44.3 Å². The van der Waals surface area contributed by atoms with E-state index in [0.717, 1.165) is 40.3 Å². The number of nitrogens with two attached hydrogens (primary N) is 1. The highest BCUT2D eigenvalue weighted by molar-refractivity contribution is 5.90.